The maximum atomic E-state index is 13.6. The Hall–Kier alpha value is -1.09. The fraction of sp³-hybridized carbons (Fsp3) is 0.538. The molecule has 0 radical (unpaired) electrons. The maximum Gasteiger partial charge on any atom is 0.130 e. The van der Waals surface area contributed by atoms with Crippen LogP contribution in [0.2, 0.25) is 0 Å². The van der Waals surface area contributed by atoms with Crippen LogP contribution in [0.4, 0.5) is 4.39 Å². The zero-order chi connectivity index (χ0) is 12.1. The molecule has 0 aliphatic carbocycles. The molecule has 0 aliphatic rings. The molecule has 90 valence electrons. The summed E-state index contributed by atoms with van der Waals surface area (Å²) in [4.78, 5) is 0. The molecule has 0 unspecified atom stereocenters. The van der Waals surface area contributed by atoms with Crippen LogP contribution in [0.1, 0.15) is 30.0 Å². The van der Waals surface area contributed by atoms with E-state index in [4.69, 9.17) is 9.84 Å². The highest BCUT2D eigenvalue weighted by atomic mass is 19.1. The highest BCUT2D eigenvalue weighted by molar-refractivity contribution is 5.47. The number of benzene rings is 1. The summed E-state index contributed by atoms with van der Waals surface area (Å²) >= 11 is 0. The van der Waals surface area contributed by atoms with Crippen LogP contribution in [0.25, 0.3) is 0 Å². The maximum absolute atomic E-state index is 13.6. The molecular weight excluding hydrogens is 207 g/mol. The number of aliphatic hydroxyl groups excluding tert-OH is 1. The monoisotopic (exact) mass is 226 g/mol. The van der Waals surface area contributed by atoms with Crippen LogP contribution in [0.5, 0.6) is 5.75 Å². The molecule has 0 atom stereocenters. The average molecular weight is 226 g/mol. The Labute approximate surface area is 96.1 Å². The van der Waals surface area contributed by atoms with Crippen molar-refractivity contribution >= 4 is 0 Å². The Morgan fingerprint density at radius 3 is 2.62 bits per heavy atom. The van der Waals surface area contributed by atoms with Gasteiger partial charge in [-0.3, -0.25) is 0 Å². The minimum atomic E-state index is -0.234. The van der Waals surface area contributed by atoms with E-state index in [0.29, 0.717) is 24.2 Å². The third kappa shape index (κ3) is 2.53. The first-order valence-corrected chi connectivity index (χ1v) is 5.61. The van der Waals surface area contributed by atoms with E-state index in [9.17, 15) is 4.39 Å². The average Bonchev–Trinajstić information content (AvgIpc) is 2.29. The van der Waals surface area contributed by atoms with Crippen molar-refractivity contribution in [1.82, 2.24) is 0 Å². The van der Waals surface area contributed by atoms with Gasteiger partial charge in [0.05, 0.1) is 7.11 Å². The molecule has 0 aliphatic heterocycles. The first kappa shape index (κ1) is 13.0. The van der Waals surface area contributed by atoms with Crippen LogP contribution in [0.15, 0.2) is 6.07 Å². The van der Waals surface area contributed by atoms with Crippen molar-refractivity contribution in [1.29, 1.82) is 0 Å². The van der Waals surface area contributed by atoms with Gasteiger partial charge in [-0.25, -0.2) is 4.39 Å². The quantitative estimate of drug-likeness (QED) is 0.836. The van der Waals surface area contributed by atoms with E-state index in [0.717, 1.165) is 17.5 Å². The topological polar surface area (TPSA) is 29.5 Å². The van der Waals surface area contributed by atoms with Crippen LogP contribution in [0, 0.1) is 12.7 Å². The lowest BCUT2D eigenvalue weighted by molar-refractivity contribution is 0.288. The number of methoxy groups -OCH3 is 1. The molecule has 0 heterocycles. The van der Waals surface area contributed by atoms with Gasteiger partial charge in [0, 0.05) is 12.2 Å². The number of aryl methyl sites for hydroxylation is 1. The number of rotatable bonds is 5. The summed E-state index contributed by atoms with van der Waals surface area (Å²) in [5.41, 5.74) is 2.55. The van der Waals surface area contributed by atoms with Crippen LogP contribution < -0.4 is 4.74 Å². The standard InChI is InChI=1S/C13H19FO2/c1-4-11-10(6-5-7-15)8-12(14)9(2)13(11)16-3/h8,15H,4-7H2,1-3H3. The van der Waals surface area contributed by atoms with Crippen molar-refractivity contribution in [3.05, 3.63) is 28.6 Å². The minimum Gasteiger partial charge on any atom is -0.496 e. The SMILES string of the molecule is CCc1c(CCCO)cc(F)c(C)c1OC. The predicted molar refractivity (Wildman–Crippen MR) is 62.5 cm³/mol. The zero-order valence-corrected chi connectivity index (χ0v) is 10.1. The van der Waals surface area contributed by atoms with E-state index in [-0.39, 0.29) is 12.4 Å². The lowest BCUT2D eigenvalue weighted by atomic mass is 9.97. The Morgan fingerprint density at radius 1 is 1.44 bits per heavy atom. The smallest absolute Gasteiger partial charge is 0.130 e. The van der Waals surface area contributed by atoms with Crippen LogP contribution in [-0.4, -0.2) is 18.8 Å². The molecule has 0 fully saturated rings. The van der Waals surface area contributed by atoms with E-state index in [1.807, 2.05) is 6.92 Å². The number of aliphatic hydroxyl groups is 1. The van der Waals surface area contributed by atoms with Crippen LogP contribution in [0.3, 0.4) is 0 Å². The molecule has 0 aromatic heterocycles. The molecular formula is C13H19FO2. The lowest BCUT2D eigenvalue weighted by Gasteiger charge is -2.15. The number of hydrogen-bond acceptors (Lipinski definition) is 2. The summed E-state index contributed by atoms with van der Waals surface area (Å²) in [6, 6.07) is 1.56. The first-order chi connectivity index (χ1) is 7.65. The van der Waals surface area contributed by atoms with Gasteiger partial charge in [-0.05, 0) is 43.4 Å². The molecule has 16 heavy (non-hydrogen) atoms. The van der Waals surface area contributed by atoms with Gasteiger partial charge in [-0.15, -0.1) is 0 Å². The summed E-state index contributed by atoms with van der Waals surface area (Å²) in [5.74, 6) is 0.414. The highest BCUT2D eigenvalue weighted by Crippen LogP contribution is 2.30. The lowest BCUT2D eigenvalue weighted by Crippen LogP contribution is -2.03. The largest absolute Gasteiger partial charge is 0.496 e. The number of ether oxygens (including phenoxy) is 1. The van der Waals surface area contributed by atoms with Crippen molar-refractivity contribution in [3.8, 4) is 5.75 Å². The molecule has 0 spiro atoms. The fourth-order valence-electron chi connectivity index (χ4n) is 1.99. The Balaban J connectivity index is 3.20. The Bertz CT molecular complexity index is 361. The van der Waals surface area contributed by atoms with Gasteiger partial charge in [-0.1, -0.05) is 6.92 Å². The zero-order valence-electron chi connectivity index (χ0n) is 10.1. The summed E-state index contributed by atoms with van der Waals surface area (Å²) in [6.07, 6.45) is 2.15. The molecule has 1 aromatic carbocycles. The van der Waals surface area contributed by atoms with Crippen molar-refractivity contribution in [3.63, 3.8) is 0 Å². The normalized spacial score (nSPS) is 10.6. The third-order valence-corrected chi connectivity index (χ3v) is 2.82. The molecule has 2 nitrogen and oxygen atoms in total. The van der Waals surface area contributed by atoms with E-state index < -0.39 is 0 Å². The molecule has 0 bridgehead atoms. The van der Waals surface area contributed by atoms with Gasteiger partial charge >= 0.3 is 0 Å². The predicted octanol–water partition coefficient (Wildman–Crippen LogP) is 2.63. The molecule has 1 rings (SSSR count). The number of halogens is 1. The van der Waals surface area contributed by atoms with E-state index in [1.165, 1.54) is 0 Å². The molecule has 0 saturated carbocycles. The second-order valence-electron chi connectivity index (χ2n) is 3.84. The van der Waals surface area contributed by atoms with Gasteiger partial charge in [0.25, 0.3) is 0 Å². The second kappa shape index (κ2) is 5.85. The summed E-state index contributed by atoms with van der Waals surface area (Å²) in [6.45, 7) is 3.88. The van der Waals surface area contributed by atoms with Gasteiger partial charge in [0.15, 0.2) is 0 Å². The Kier molecular flexibility index (Phi) is 4.74. The molecule has 1 aromatic rings. The van der Waals surface area contributed by atoms with Crippen LogP contribution in [-0.2, 0) is 12.8 Å². The third-order valence-electron chi connectivity index (χ3n) is 2.82. The van der Waals surface area contributed by atoms with Gasteiger partial charge in [0.1, 0.15) is 11.6 Å². The minimum absolute atomic E-state index is 0.126. The van der Waals surface area contributed by atoms with Crippen molar-refractivity contribution < 1.29 is 14.2 Å². The summed E-state index contributed by atoms with van der Waals surface area (Å²) in [7, 11) is 1.57. The van der Waals surface area contributed by atoms with Crippen LogP contribution >= 0.6 is 0 Å². The summed E-state index contributed by atoms with van der Waals surface area (Å²) < 4.78 is 18.9. The van der Waals surface area contributed by atoms with E-state index >= 15 is 0 Å². The van der Waals surface area contributed by atoms with Crippen molar-refractivity contribution in [2.24, 2.45) is 0 Å². The van der Waals surface area contributed by atoms with Gasteiger partial charge in [0.2, 0.25) is 0 Å². The van der Waals surface area contributed by atoms with E-state index in [2.05, 4.69) is 0 Å². The first-order valence-electron chi connectivity index (χ1n) is 5.61. The molecule has 3 heteroatoms. The second-order valence-corrected chi connectivity index (χ2v) is 3.84. The fourth-order valence-corrected chi connectivity index (χ4v) is 1.99. The van der Waals surface area contributed by atoms with Crippen molar-refractivity contribution in [2.45, 2.75) is 33.1 Å². The summed E-state index contributed by atoms with van der Waals surface area (Å²) in [5, 5.41) is 8.82. The Morgan fingerprint density at radius 2 is 2.12 bits per heavy atom. The van der Waals surface area contributed by atoms with Crippen molar-refractivity contribution in [2.75, 3.05) is 13.7 Å². The van der Waals surface area contributed by atoms with Gasteiger partial charge in [-0.2, -0.15) is 0 Å². The molecule has 1 N–H and O–H groups in total. The van der Waals surface area contributed by atoms with Gasteiger partial charge < -0.3 is 9.84 Å². The molecule has 0 amide bonds. The molecule has 0 saturated heterocycles. The number of hydrogen-bond donors (Lipinski definition) is 1. The highest BCUT2D eigenvalue weighted by Gasteiger charge is 2.14. The van der Waals surface area contributed by atoms with E-state index in [1.54, 1.807) is 20.1 Å².